The maximum atomic E-state index is 3.95. The maximum Gasteiger partial charge on any atom is 1.00 e. The van der Waals surface area contributed by atoms with Crippen molar-refractivity contribution in [2.75, 3.05) is 0 Å². The van der Waals surface area contributed by atoms with Crippen LogP contribution in [0.25, 0.3) is 44.5 Å². The van der Waals surface area contributed by atoms with Crippen LogP contribution < -0.4 is 18.9 Å². The number of rotatable bonds is 0. The van der Waals surface area contributed by atoms with Gasteiger partial charge in [-0.05, 0) is 98.6 Å². The summed E-state index contributed by atoms with van der Waals surface area (Å²) in [5.41, 5.74) is 28.7. The van der Waals surface area contributed by atoms with Gasteiger partial charge >= 0.3 is 18.9 Å². The Hall–Kier alpha value is -5.64. The number of hydrogen-bond donors (Lipinski definition) is 0. The molecule has 0 aromatic heterocycles. The first kappa shape index (κ1) is 42.5. The third-order valence-electron chi connectivity index (χ3n) is 18.4. The fourth-order valence-electron chi connectivity index (χ4n) is 15.2. The van der Waals surface area contributed by atoms with E-state index in [1.54, 1.807) is 22.3 Å². The molecule has 2 fully saturated rings. The summed E-state index contributed by atoms with van der Waals surface area (Å²) in [6.07, 6.45) is 11.6. The molecule has 1 spiro atoms. The SMILES string of the molecule is CC1(C)c2c[c-]ccc2-c2ccccc21.CC1(C)c2ccccc2-c2c1ccc1c2-c2ccccc2C12c1ccc[c-]c1-c1ccccc12.[Li+].[c-]1c2c(cc3c1C1CCC3CC1)C1CCC2CC1. The number of benzene rings is 8. The number of hydrogen-bond acceptors (Lipinski definition) is 0. The van der Waals surface area contributed by atoms with Crippen LogP contribution in [0.3, 0.4) is 0 Å². The Bertz CT molecular complexity index is 3160. The summed E-state index contributed by atoms with van der Waals surface area (Å²) in [4.78, 5) is 0. The van der Waals surface area contributed by atoms with Crippen LogP contribution >= 0.6 is 0 Å². The molecule has 1 atom stereocenters. The Kier molecular flexibility index (Phi) is 9.63. The second-order valence-electron chi connectivity index (χ2n) is 22.1. The van der Waals surface area contributed by atoms with Gasteiger partial charge in [0.1, 0.15) is 0 Å². The Morgan fingerprint density at radius 2 is 0.853 bits per heavy atom. The molecule has 0 heterocycles. The Labute approximate surface area is 416 Å². The van der Waals surface area contributed by atoms with E-state index in [0.29, 0.717) is 0 Å². The van der Waals surface area contributed by atoms with E-state index in [1.807, 2.05) is 6.07 Å². The maximum absolute atomic E-state index is 3.95. The minimum Gasteiger partial charge on any atom is -0.183 e. The summed E-state index contributed by atoms with van der Waals surface area (Å²) >= 11 is 0. The quantitative estimate of drug-likeness (QED) is 0.105. The smallest absolute Gasteiger partial charge is 0.183 e. The molecule has 18 rings (SSSR count). The standard InChI is InChI=1S/C34H23.C18H21.C15H13.Li/c1-33(2)25-15-7-5-13-23(25)31-29(33)19-20-30-32(31)24-14-6-10-18-28(24)34(30)26-16-8-3-11-21(26)22-12-4-9-17-27(22)34;1-2-12-4-3-11(1)15-9-17-13-5-7-14(8-6-13)18(17)10-16(12)15;1-15(2)13-9-5-3-7-11(13)12-8-4-6-10-14(12)15;/h3-11,13-20H,1-2H3;9,11-14H,1-8H2;3-5,7-10H,1-2H3;/q3*-1;+1. The van der Waals surface area contributed by atoms with Gasteiger partial charge in [0.05, 0.1) is 0 Å². The van der Waals surface area contributed by atoms with Gasteiger partial charge in [0.2, 0.25) is 0 Å². The molecule has 1 heteroatoms. The topological polar surface area (TPSA) is 0 Å². The molecule has 0 saturated heterocycles. The van der Waals surface area contributed by atoms with Gasteiger partial charge < -0.3 is 0 Å². The first-order valence-corrected chi connectivity index (χ1v) is 25.5. The van der Waals surface area contributed by atoms with Crippen LogP contribution in [0.4, 0.5) is 0 Å². The molecule has 68 heavy (non-hydrogen) atoms. The van der Waals surface area contributed by atoms with Crippen LogP contribution in [0.15, 0.2) is 152 Å². The summed E-state index contributed by atoms with van der Waals surface area (Å²) in [6, 6.07) is 66.8. The van der Waals surface area contributed by atoms with Crippen molar-refractivity contribution in [1.29, 1.82) is 0 Å². The molecule has 10 aliphatic carbocycles. The summed E-state index contributed by atoms with van der Waals surface area (Å²) < 4.78 is 0. The minimum absolute atomic E-state index is 0. The first-order valence-electron chi connectivity index (χ1n) is 25.5. The van der Waals surface area contributed by atoms with E-state index in [4.69, 9.17) is 0 Å². The summed E-state index contributed by atoms with van der Waals surface area (Å²) in [6.45, 7) is 9.31. The zero-order chi connectivity index (χ0) is 44.8. The predicted octanol–water partition coefficient (Wildman–Crippen LogP) is 13.9. The van der Waals surface area contributed by atoms with Crippen LogP contribution in [-0.4, -0.2) is 0 Å². The van der Waals surface area contributed by atoms with E-state index >= 15 is 0 Å². The van der Waals surface area contributed by atoms with Gasteiger partial charge in [0, 0.05) is 10.8 Å². The van der Waals surface area contributed by atoms with Crippen LogP contribution in [-0.2, 0) is 16.2 Å². The van der Waals surface area contributed by atoms with Crippen molar-refractivity contribution in [2.24, 2.45) is 0 Å². The monoisotopic (exact) mass is 868 g/mol. The van der Waals surface area contributed by atoms with E-state index in [1.165, 1.54) is 140 Å². The molecule has 328 valence electrons. The zero-order valence-electron chi connectivity index (χ0n) is 40.4. The Morgan fingerprint density at radius 3 is 1.50 bits per heavy atom. The molecule has 8 aromatic carbocycles. The molecule has 8 aromatic rings. The van der Waals surface area contributed by atoms with Crippen LogP contribution in [0, 0.1) is 18.2 Å². The molecular formula is C67H57Li-2. The van der Waals surface area contributed by atoms with Crippen molar-refractivity contribution in [2.45, 2.75) is 119 Å². The van der Waals surface area contributed by atoms with Crippen LogP contribution in [0.5, 0.6) is 0 Å². The van der Waals surface area contributed by atoms with Gasteiger partial charge in [-0.1, -0.05) is 186 Å². The van der Waals surface area contributed by atoms with Crippen molar-refractivity contribution in [3.05, 3.63) is 237 Å². The largest absolute Gasteiger partial charge is 1.00 e. The van der Waals surface area contributed by atoms with Crippen molar-refractivity contribution in [3.63, 3.8) is 0 Å². The van der Waals surface area contributed by atoms with Gasteiger partial charge in [-0.3, -0.25) is 0 Å². The molecule has 0 nitrogen and oxygen atoms in total. The summed E-state index contributed by atoms with van der Waals surface area (Å²) in [5.74, 6) is 3.53. The molecular weight excluding hydrogens is 812 g/mol. The second kappa shape index (κ2) is 15.4. The van der Waals surface area contributed by atoms with Crippen molar-refractivity contribution in [3.8, 4) is 44.5 Å². The van der Waals surface area contributed by atoms with E-state index < -0.39 is 0 Å². The average Bonchev–Trinajstić information content (AvgIpc) is 4.02. The summed E-state index contributed by atoms with van der Waals surface area (Å²) in [7, 11) is 0. The molecule has 0 N–H and O–H groups in total. The molecule has 0 amide bonds. The van der Waals surface area contributed by atoms with Crippen molar-refractivity contribution < 1.29 is 18.9 Å². The second-order valence-corrected chi connectivity index (χ2v) is 22.1. The van der Waals surface area contributed by atoms with Crippen molar-refractivity contribution in [1.82, 2.24) is 0 Å². The van der Waals surface area contributed by atoms with Gasteiger partial charge in [0.25, 0.3) is 0 Å². The van der Waals surface area contributed by atoms with Crippen LogP contribution in [0.2, 0.25) is 0 Å². The number of fused-ring (bicyclic) bond motifs is 21. The molecule has 10 aliphatic rings. The molecule has 1 unspecified atom stereocenters. The Morgan fingerprint density at radius 1 is 0.397 bits per heavy atom. The van der Waals surface area contributed by atoms with Gasteiger partial charge in [-0.15, -0.1) is 57.6 Å². The Balaban J connectivity index is 0.000000112. The van der Waals surface area contributed by atoms with Gasteiger partial charge in [0.15, 0.2) is 0 Å². The molecule has 2 saturated carbocycles. The predicted molar refractivity (Wildman–Crippen MR) is 275 cm³/mol. The molecule has 4 bridgehead atoms. The fourth-order valence-corrected chi connectivity index (χ4v) is 15.2. The molecule has 0 radical (unpaired) electrons. The minimum atomic E-state index is -0.299. The van der Waals surface area contributed by atoms with E-state index in [9.17, 15) is 0 Å². The first-order chi connectivity index (χ1) is 32.8. The summed E-state index contributed by atoms with van der Waals surface area (Å²) in [5, 5.41) is 0. The van der Waals surface area contributed by atoms with E-state index in [-0.39, 0.29) is 35.1 Å². The van der Waals surface area contributed by atoms with E-state index in [0.717, 1.165) is 23.7 Å². The van der Waals surface area contributed by atoms with Gasteiger partial charge in [-0.25, -0.2) is 0 Å². The molecule has 0 aliphatic heterocycles. The van der Waals surface area contributed by atoms with Crippen molar-refractivity contribution >= 4 is 0 Å². The third-order valence-corrected chi connectivity index (χ3v) is 18.4. The average molecular weight is 869 g/mol. The normalized spacial score (nSPS) is 23.6. The fraction of sp³-hybridized carbons (Fsp3) is 0.284. The van der Waals surface area contributed by atoms with Crippen LogP contribution in [0.1, 0.15) is 169 Å². The van der Waals surface area contributed by atoms with Gasteiger partial charge in [-0.2, -0.15) is 47.5 Å². The van der Waals surface area contributed by atoms with E-state index in [2.05, 4.69) is 191 Å². The zero-order valence-corrected chi connectivity index (χ0v) is 40.4. The third kappa shape index (κ3) is 5.69.